The van der Waals surface area contributed by atoms with Gasteiger partial charge in [0.2, 0.25) is 11.8 Å². The third-order valence-corrected chi connectivity index (χ3v) is 2.96. The molecule has 2 amide bonds. The van der Waals surface area contributed by atoms with Crippen LogP contribution in [0, 0.1) is 0 Å². The van der Waals surface area contributed by atoms with E-state index in [4.69, 9.17) is 5.11 Å². The zero-order valence-electron chi connectivity index (χ0n) is 11.2. The van der Waals surface area contributed by atoms with Gasteiger partial charge in [-0.3, -0.25) is 19.3 Å². The minimum atomic E-state index is -1.06. The molecule has 1 fully saturated rings. The summed E-state index contributed by atoms with van der Waals surface area (Å²) in [5, 5.41) is 11.6. The first-order valence-corrected chi connectivity index (χ1v) is 6.22. The monoisotopic (exact) mass is 281 g/mol. The van der Waals surface area contributed by atoms with E-state index in [0.29, 0.717) is 13.1 Å². The van der Waals surface area contributed by atoms with Crippen molar-refractivity contribution in [1.82, 2.24) is 15.1 Å². The topological polar surface area (TPSA) is 90.0 Å². The van der Waals surface area contributed by atoms with Gasteiger partial charge in [-0.15, -0.1) is 13.2 Å². The van der Waals surface area contributed by atoms with Crippen LogP contribution in [0.4, 0.5) is 0 Å². The molecule has 7 nitrogen and oxygen atoms in total. The molecule has 1 aliphatic heterocycles. The second-order valence-electron chi connectivity index (χ2n) is 4.44. The van der Waals surface area contributed by atoms with E-state index in [-0.39, 0.29) is 31.4 Å². The van der Waals surface area contributed by atoms with E-state index in [1.165, 1.54) is 9.80 Å². The molecule has 7 heteroatoms. The first kappa shape index (κ1) is 15.9. The maximum Gasteiger partial charge on any atom is 0.322 e. The summed E-state index contributed by atoms with van der Waals surface area (Å²) in [6.07, 6.45) is 3.16. The van der Waals surface area contributed by atoms with Gasteiger partial charge >= 0.3 is 5.97 Å². The average molecular weight is 281 g/mol. The second-order valence-corrected chi connectivity index (χ2v) is 4.44. The molecule has 2 N–H and O–H groups in total. The molecule has 0 saturated carbocycles. The highest BCUT2D eigenvalue weighted by atomic mass is 16.4. The smallest absolute Gasteiger partial charge is 0.322 e. The highest BCUT2D eigenvalue weighted by molar-refractivity contribution is 5.85. The summed E-state index contributed by atoms with van der Waals surface area (Å²) in [7, 11) is 0. The Balaban J connectivity index is 2.73. The molecule has 0 bridgehead atoms. The number of rotatable bonds is 7. The molecule has 1 rings (SSSR count). The number of nitrogens with zero attached hydrogens (tertiary/aromatic N) is 2. The standard InChI is InChI=1S/C13H19N3O4/c1-3-5-15(6-4-2)12(18)9-16-8-11(17)14-7-10(16)13(19)20/h3-4,10H,1-2,5-9H2,(H,14,17)(H,19,20). The molecule has 0 radical (unpaired) electrons. The van der Waals surface area contributed by atoms with Gasteiger partial charge in [0.1, 0.15) is 6.04 Å². The van der Waals surface area contributed by atoms with Gasteiger partial charge in [0.25, 0.3) is 0 Å². The number of aliphatic carboxylic acids is 1. The van der Waals surface area contributed by atoms with Crippen molar-refractivity contribution in [1.29, 1.82) is 0 Å². The Bertz CT molecular complexity index is 412. The third kappa shape index (κ3) is 4.20. The Kier molecular flexibility index (Phi) is 5.92. The lowest BCUT2D eigenvalue weighted by Crippen LogP contribution is -2.59. The fourth-order valence-corrected chi connectivity index (χ4v) is 1.96. The first-order valence-electron chi connectivity index (χ1n) is 6.22. The largest absolute Gasteiger partial charge is 0.480 e. The lowest BCUT2D eigenvalue weighted by atomic mass is 10.2. The highest BCUT2D eigenvalue weighted by Gasteiger charge is 2.33. The molecule has 0 aromatic heterocycles. The van der Waals surface area contributed by atoms with Crippen molar-refractivity contribution < 1.29 is 19.5 Å². The number of carboxylic acid groups (broad SMARTS) is 1. The van der Waals surface area contributed by atoms with E-state index in [1.54, 1.807) is 12.2 Å². The van der Waals surface area contributed by atoms with Crippen LogP contribution in [0.5, 0.6) is 0 Å². The molecule has 1 saturated heterocycles. The minimum Gasteiger partial charge on any atom is -0.480 e. The number of carboxylic acids is 1. The lowest BCUT2D eigenvalue weighted by molar-refractivity contribution is -0.147. The Hall–Kier alpha value is -2.15. The van der Waals surface area contributed by atoms with Crippen molar-refractivity contribution in [3.05, 3.63) is 25.3 Å². The lowest BCUT2D eigenvalue weighted by Gasteiger charge is -2.33. The summed E-state index contributed by atoms with van der Waals surface area (Å²) in [6.45, 7) is 7.62. The van der Waals surface area contributed by atoms with Crippen LogP contribution in [0.25, 0.3) is 0 Å². The van der Waals surface area contributed by atoms with E-state index in [2.05, 4.69) is 18.5 Å². The third-order valence-electron chi connectivity index (χ3n) is 2.96. The summed E-state index contributed by atoms with van der Waals surface area (Å²) in [6, 6.07) is -0.883. The number of piperazine rings is 1. The van der Waals surface area contributed by atoms with Gasteiger partial charge in [0.15, 0.2) is 0 Å². The quantitative estimate of drug-likeness (QED) is 0.589. The Morgan fingerprint density at radius 2 is 2.00 bits per heavy atom. The summed E-state index contributed by atoms with van der Waals surface area (Å²) in [5.41, 5.74) is 0. The number of amides is 2. The van der Waals surface area contributed by atoms with Gasteiger partial charge in [-0.2, -0.15) is 0 Å². The molecule has 110 valence electrons. The van der Waals surface area contributed by atoms with Gasteiger partial charge in [0.05, 0.1) is 13.1 Å². The van der Waals surface area contributed by atoms with Crippen LogP contribution in [0.3, 0.4) is 0 Å². The molecule has 0 aliphatic carbocycles. The van der Waals surface area contributed by atoms with Crippen molar-refractivity contribution >= 4 is 17.8 Å². The van der Waals surface area contributed by atoms with Crippen LogP contribution in [0.2, 0.25) is 0 Å². The Labute approximate surface area is 117 Å². The number of hydrogen-bond acceptors (Lipinski definition) is 4. The maximum absolute atomic E-state index is 12.1. The molecule has 0 spiro atoms. The van der Waals surface area contributed by atoms with E-state index in [1.807, 2.05) is 0 Å². The molecular formula is C13H19N3O4. The van der Waals surface area contributed by atoms with E-state index < -0.39 is 12.0 Å². The fraction of sp³-hybridized carbons (Fsp3) is 0.462. The van der Waals surface area contributed by atoms with Crippen LogP contribution in [-0.2, 0) is 14.4 Å². The molecule has 0 aromatic rings. The van der Waals surface area contributed by atoms with Gasteiger partial charge in [-0.05, 0) is 0 Å². The van der Waals surface area contributed by atoms with Crippen molar-refractivity contribution in [2.75, 3.05) is 32.7 Å². The maximum atomic E-state index is 12.1. The van der Waals surface area contributed by atoms with Crippen molar-refractivity contribution in [3.8, 4) is 0 Å². The first-order chi connectivity index (χ1) is 9.49. The molecule has 1 heterocycles. The van der Waals surface area contributed by atoms with Gasteiger partial charge in [-0.1, -0.05) is 12.2 Å². The van der Waals surface area contributed by atoms with Crippen molar-refractivity contribution in [2.24, 2.45) is 0 Å². The fourth-order valence-electron chi connectivity index (χ4n) is 1.96. The molecule has 1 aliphatic rings. The summed E-state index contributed by atoms with van der Waals surface area (Å²) in [5.74, 6) is -1.60. The predicted molar refractivity (Wildman–Crippen MR) is 73.0 cm³/mol. The number of carbonyl (C=O) groups excluding carboxylic acids is 2. The zero-order valence-corrected chi connectivity index (χ0v) is 11.2. The number of nitrogens with one attached hydrogen (secondary N) is 1. The van der Waals surface area contributed by atoms with Crippen LogP contribution in [0.15, 0.2) is 25.3 Å². The Morgan fingerprint density at radius 1 is 1.40 bits per heavy atom. The summed E-state index contributed by atoms with van der Waals surface area (Å²) >= 11 is 0. The van der Waals surface area contributed by atoms with Crippen LogP contribution < -0.4 is 5.32 Å². The molecule has 1 atom stereocenters. The normalized spacial score (nSPS) is 19.0. The average Bonchev–Trinajstić information content (AvgIpc) is 2.38. The second kappa shape index (κ2) is 7.44. The summed E-state index contributed by atoms with van der Waals surface area (Å²) in [4.78, 5) is 37.5. The molecule has 1 unspecified atom stereocenters. The van der Waals surface area contributed by atoms with Gasteiger partial charge in [-0.25, -0.2) is 0 Å². The highest BCUT2D eigenvalue weighted by Crippen LogP contribution is 2.06. The molecule has 0 aromatic carbocycles. The van der Waals surface area contributed by atoms with Gasteiger partial charge in [0, 0.05) is 19.6 Å². The van der Waals surface area contributed by atoms with E-state index >= 15 is 0 Å². The van der Waals surface area contributed by atoms with Crippen LogP contribution in [-0.4, -0.2) is 71.5 Å². The number of carbonyl (C=O) groups is 3. The SMILES string of the molecule is C=CCN(CC=C)C(=O)CN1CC(=O)NCC1C(=O)O. The van der Waals surface area contributed by atoms with Crippen molar-refractivity contribution in [2.45, 2.75) is 6.04 Å². The van der Waals surface area contributed by atoms with Crippen molar-refractivity contribution in [3.63, 3.8) is 0 Å². The zero-order chi connectivity index (χ0) is 15.1. The van der Waals surface area contributed by atoms with Crippen LogP contribution in [0.1, 0.15) is 0 Å². The van der Waals surface area contributed by atoms with E-state index in [0.717, 1.165) is 0 Å². The summed E-state index contributed by atoms with van der Waals surface area (Å²) < 4.78 is 0. The molecular weight excluding hydrogens is 262 g/mol. The Morgan fingerprint density at radius 3 is 2.50 bits per heavy atom. The number of hydrogen-bond donors (Lipinski definition) is 2. The predicted octanol–water partition coefficient (Wildman–Crippen LogP) is -0.928. The van der Waals surface area contributed by atoms with Crippen LogP contribution >= 0.6 is 0 Å². The van der Waals surface area contributed by atoms with E-state index in [9.17, 15) is 14.4 Å². The molecule has 20 heavy (non-hydrogen) atoms. The minimum absolute atomic E-state index is 0.00433. The van der Waals surface area contributed by atoms with Gasteiger partial charge < -0.3 is 15.3 Å².